The van der Waals surface area contributed by atoms with Gasteiger partial charge in [-0.1, -0.05) is 38.0 Å². The summed E-state index contributed by atoms with van der Waals surface area (Å²) in [6.45, 7) is 8.72. The van der Waals surface area contributed by atoms with Gasteiger partial charge in [-0.05, 0) is 32.0 Å². The average molecular weight is 410 g/mol. The molecule has 2 N–H and O–H groups in total. The number of likely N-dealkylation sites (N-methyl/N-ethyl adjacent to an activating group) is 1. The van der Waals surface area contributed by atoms with E-state index in [1.807, 2.05) is 26.1 Å². The molecule has 0 bridgehead atoms. The maximum atomic E-state index is 13.2. The first-order valence-corrected chi connectivity index (χ1v) is 11.7. The molecule has 1 aliphatic rings. The van der Waals surface area contributed by atoms with Crippen molar-refractivity contribution in [2.45, 2.75) is 44.6 Å². The fourth-order valence-electron chi connectivity index (χ4n) is 3.14. The molecule has 158 valence electrons. The largest absolute Gasteiger partial charge is 0.357 e. The lowest BCUT2D eigenvalue weighted by molar-refractivity contribution is 0.222. The number of rotatable bonds is 9. The van der Waals surface area contributed by atoms with Crippen molar-refractivity contribution in [1.29, 1.82) is 0 Å². The van der Waals surface area contributed by atoms with E-state index in [9.17, 15) is 8.42 Å². The van der Waals surface area contributed by atoms with E-state index in [-0.39, 0.29) is 0 Å². The summed E-state index contributed by atoms with van der Waals surface area (Å²) in [7, 11) is -1.49. The number of unbranched alkanes of at least 4 members (excludes halogenated alkanes) is 2. The summed E-state index contributed by atoms with van der Waals surface area (Å²) in [5.41, 5.74) is 0.729. The summed E-state index contributed by atoms with van der Waals surface area (Å²) in [4.78, 5) is 7.13. The molecular weight excluding hydrogens is 374 g/mol. The number of nitrogens with zero attached hydrogens (tertiary/aromatic N) is 3. The SMILES string of the molecule is CCCCCNC(=NCc1ccccc1S(=O)(=O)N1CCN(C)CC1)NCC. The summed E-state index contributed by atoms with van der Waals surface area (Å²) in [5.74, 6) is 0.727. The van der Waals surface area contributed by atoms with Gasteiger partial charge in [0.25, 0.3) is 0 Å². The first-order valence-electron chi connectivity index (χ1n) is 10.3. The van der Waals surface area contributed by atoms with Crippen molar-refractivity contribution in [2.24, 2.45) is 4.99 Å². The van der Waals surface area contributed by atoms with E-state index >= 15 is 0 Å². The van der Waals surface area contributed by atoms with Gasteiger partial charge in [0.1, 0.15) is 0 Å². The highest BCUT2D eigenvalue weighted by Gasteiger charge is 2.29. The zero-order valence-corrected chi connectivity index (χ0v) is 18.3. The van der Waals surface area contributed by atoms with E-state index in [1.54, 1.807) is 16.4 Å². The zero-order valence-electron chi connectivity index (χ0n) is 17.4. The summed E-state index contributed by atoms with van der Waals surface area (Å²) >= 11 is 0. The topological polar surface area (TPSA) is 77.0 Å². The van der Waals surface area contributed by atoms with E-state index < -0.39 is 10.0 Å². The minimum atomic E-state index is -3.50. The van der Waals surface area contributed by atoms with Gasteiger partial charge >= 0.3 is 0 Å². The third-order valence-corrected chi connectivity index (χ3v) is 6.88. The number of guanidine groups is 1. The lowest BCUT2D eigenvalue weighted by atomic mass is 10.2. The summed E-state index contributed by atoms with van der Waals surface area (Å²) < 4.78 is 27.9. The van der Waals surface area contributed by atoms with Crippen LogP contribution in [-0.4, -0.2) is 69.9 Å². The Labute approximate surface area is 170 Å². The molecule has 1 saturated heterocycles. The molecule has 0 saturated carbocycles. The molecule has 0 aromatic heterocycles. The zero-order chi connectivity index (χ0) is 20.4. The summed E-state index contributed by atoms with van der Waals surface area (Å²) in [6, 6.07) is 7.20. The Morgan fingerprint density at radius 2 is 1.79 bits per heavy atom. The predicted octanol–water partition coefficient (Wildman–Crippen LogP) is 1.87. The van der Waals surface area contributed by atoms with E-state index in [1.165, 1.54) is 12.8 Å². The van der Waals surface area contributed by atoms with Gasteiger partial charge in [0, 0.05) is 39.3 Å². The molecular formula is C20H35N5O2S. The Bertz CT molecular complexity index is 728. The molecule has 1 aromatic rings. The van der Waals surface area contributed by atoms with Gasteiger partial charge in [0.15, 0.2) is 5.96 Å². The third kappa shape index (κ3) is 6.46. The second-order valence-electron chi connectivity index (χ2n) is 7.14. The van der Waals surface area contributed by atoms with Gasteiger partial charge in [0.2, 0.25) is 10.0 Å². The van der Waals surface area contributed by atoms with Crippen LogP contribution in [0.3, 0.4) is 0 Å². The van der Waals surface area contributed by atoms with Gasteiger partial charge in [-0.3, -0.25) is 0 Å². The molecule has 0 spiro atoms. The van der Waals surface area contributed by atoms with Crippen molar-refractivity contribution in [3.63, 3.8) is 0 Å². The predicted molar refractivity (Wildman–Crippen MR) is 115 cm³/mol. The maximum Gasteiger partial charge on any atom is 0.243 e. The molecule has 1 aliphatic heterocycles. The molecule has 0 radical (unpaired) electrons. The molecule has 28 heavy (non-hydrogen) atoms. The van der Waals surface area contributed by atoms with E-state index in [0.29, 0.717) is 24.5 Å². The minimum Gasteiger partial charge on any atom is -0.357 e. The fourth-order valence-corrected chi connectivity index (χ4v) is 4.78. The maximum absolute atomic E-state index is 13.2. The second kappa shape index (κ2) is 11.4. The molecule has 0 unspecified atom stereocenters. The molecule has 1 fully saturated rings. The first-order chi connectivity index (χ1) is 13.5. The Balaban J connectivity index is 2.13. The number of nitrogens with one attached hydrogen (secondary N) is 2. The van der Waals surface area contributed by atoms with Gasteiger partial charge in [0.05, 0.1) is 11.4 Å². The Morgan fingerprint density at radius 3 is 2.46 bits per heavy atom. The van der Waals surface area contributed by atoms with Crippen LogP contribution in [0.5, 0.6) is 0 Å². The molecule has 0 aliphatic carbocycles. The number of hydrogen-bond acceptors (Lipinski definition) is 4. The number of benzene rings is 1. The van der Waals surface area contributed by atoms with Crippen LogP contribution >= 0.6 is 0 Å². The van der Waals surface area contributed by atoms with E-state index in [0.717, 1.165) is 44.1 Å². The molecule has 8 heteroatoms. The van der Waals surface area contributed by atoms with Crippen LogP contribution in [0.15, 0.2) is 34.2 Å². The summed E-state index contributed by atoms with van der Waals surface area (Å²) in [5, 5.41) is 6.56. The lowest BCUT2D eigenvalue weighted by Crippen LogP contribution is -2.47. The minimum absolute atomic E-state index is 0.326. The van der Waals surface area contributed by atoms with Crippen molar-refractivity contribution in [1.82, 2.24) is 19.8 Å². The van der Waals surface area contributed by atoms with Gasteiger partial charge in [-0.15, -0.1) is 0 Å². The molecule has 2 rings (SSSR count). The highest BCUT2D eigenvalue weighted by Crippen LogP contribution is 2.22. The normalized spacial score (nSPS) is 16.9. The van der Waals surface area contributed by atoms with Crippen LogP contribution in [0.1, 0.15) is 38.7 Å². The number of aliphatic imine (C=N–C) groups is 1. The fraction of sp³-hybridized carbons (Fsp3) is 0.650. The highest BCUT2D eigenvalue weighted by atomic mass is 32.2. The van der Waals surface area contributed by atoms with Gasteiger partial charge < -0.3 is 15.5 Å². The molecule has 0 amide bonds. The number of hydrogen-bond donors (Lipinski definition) is 2. The summed E-state index contributed by atoms with van der Waals surface area (Å²) in [6.07, 6.45) is 3.45. The van der Waals surface area contributed by atoms with Crippen molar-refractivity contribution < 1.29 is 8.42 Å². The van der Waals surface area contributed by atoms with Crippen molar-refractivity contribution >= 4 is 16.0 Å². The standard InChI is InChI=1S/C20H35N5O2S/c1-4-6-9-12-22-20(21-5-2)23-17-18-10-7-8-11-19(18)28(26,27)25-15-13-24(3)14-16-25/h7-8,10-11H,4-6,9,12-17H2,1-3H3,(H2,21,22,23). The number of sulfonamides is 1. The highest BCUT2D eigenvalue weighted by molar-refractivity contribution is 7.89. The molecule has 1 heterocycles. The Morgan fingerprint density at radius 1 is 1.07 bits per heavy atom. The van der Waals surface area contributed by atoms with Crippen molar-refractivity contribution in [2.75, 3.05) is 46.3 Å². The van der Waals surface area contributed by atoms with Crippen LogP contribution in [0.2, 0.25) is 0 Å². The Kier molecular flexibility index (Phi) is 9.21. The second-order valence-corrected chi connectivity index (χ2v) is 9.05. The van der Waals surface area contributed by atoms with Gasteiger partial charge in [-0.25, -0.2) is 13.4 Å². The van der Waals surface area contributed by atoms with Crippen LogP contribution in [0.25, 0.3) is 0 Å². The lowest BCUT2D eigenvalue weighted by Gasteiger charge is -2.32. The van der Waals surface area contributed by atoms with E-state index in [2.05, 4.69) is 27.4 Å². The van der Waals surface area contributed by atoms with Crippen molar-refractivity contribution in [3.8, 4) is 0 Å². The average Bonchev–Trinajstić information content (AvgIpc) is 2.70. The van der Waals surface area contributed by atoms with E-state index in [4.69, 9.17) is 0 Å². The number of piperazine rings is 1. The molecule has 7 nitrogen and oxygen atoms in total. The van der Waals surface area contributed by atoms with Gasteiger partial charge in [-0.2, -0.15) is 4.31 Å². The van der Waals surface area contributed by atoms with Crippen LogP contribution in [0, 0.1) is 0 Å². The van der Waals surface area contributed by atoms with Crippen LogP contribution in [-0.2, 0) is 16.6 Å². The van der Waals surface area contributed by atoms with Crippen LogP contribution in [0.4, 0.5) is 0 Å². The Hall–Kier alpha value is -1.64. The monoisotopic (exact) mass is 409 g/mol. The third-order valence-electron chi connectivity index (χ3n) is 4.88. The smallest absolute Gasteiger partial charge is 0.243 e. The molecule has 0 atom stereocenters. The van der Waals surface area contributed by atoms with Crippen molar-refractivity contribution in [3.05, 3.63) is 29.8 Å². The molecule has 1 aromatic carbocycles. The first kappa shape index (κ1) is 22.6. The van der Waals surface area contributed by atoms with Crippen LogP contribution < -0.4 is 10.6 Å². The quantitative estimate of drug-likeness (QED) is 0.370.